The van der Waals surface area contributed by atoms with Crippen LogP contribution in [0.4, 0.5) is 11.4 Å². The fraction of sp³-hybridized carbons (Fsp3) is 0.361. The number of benzene rings is 3. The Morgan fingerprint density at radius 2 is 1.62 bits per heavy atom. The molecule has 3 aromatic carbocycles. The Labute approximate surface area is 284 Å². The zero-order valence-electron chi connectivity index (χ0n) is 26.3. The summed E-state index contributed by atoms with van der Waals surface area (Å²) in [6.07, 6.45) is 0.312. The molecule has 9 nitrogen and oxygen atoms in total. The quantitative estimate of drug-likeness (QED) is 0.357. The number of allylic oxidation sites excluding steroid dienone is 1. The second kappa shape index (κ2) is 12.4. The second-order valence-corrected chi connectivity index (χ2v) is 14.1. The highest BCUT2D eigenvalue weighted by Gasteiger charge is 2.43. The minimum absolute atomic E-state index is 0.0000742. The van der Waals surface area contributed by atoms with Crippen molar-refractivity contribution >= 4 is 52.2 Å². The number of halogens is 2. The number of carbonyl (C=O) groups is 3. The number of rotatable bonds is 4. The van der Waals surface area contributed by atoms with Crippen molar-refractivity contribution in [2.24, 2.45) is 5.41 Å². The number of anilines is 2. The number of ether oxygens (including phenoxy) is 2. The summed E-state index contributed by atoms with van der Waals surface area (Å²) >= 11 is 13.2. The molecule has 47 heavy (non-hydrogen) atoms. The number of hydrogen-bond donors (Lipinski definition) is 1. The Hall–Kier alpha value is -4.21. The average Bonchev–Trinajstić information content (AvgIpc) is 3.18. The molecule has 244 valence electrons. The molecule has 1 N–H and O–H groups in total. The van der Waals surface area contributed by atoms with Gasteiger partial charge in [0.05, 0.1) is 24.0 Å². The van der Waals surface area contributed by atoms with E-state index in [1.54, 1.807) is 28.0 Å². The summed E-state index contributed by atoms with van der Waals surface area (Å²) in [7, 11) is 0. The fourth-order valence-corrected chi connectivity index (χ4v) is 7.55. The second-order valence-electron chi connectivity index (χ2n) is 13.2. The Bertz CT molecular complexity index is 1780. The van der Waals surface area contributed by atoms with Crippen LogP contribution in [0, 0.1) is 5.41 Å². The van der Waals surface area contributed by atoms with Gasteiger partial charge >= 0.3 is 0 Å². The van der Waals surface area contributed by atoms with Crippen molar-refractivity contribution in [3.63, 3.8) is 0 Å². The normalized spacial score (nSPS) is 21.8. The summed E-state index contributed by atoms with van der Waals surface area (Å²) in [5.41, 5.74) is 3.54. The average molecular weight is 676 g/mol. The van der Waals surface area contributed by atoms with Gasteiger partial charge in [0.2, 0.25) is 12.0 Å². The number of nitrogens with zero attached hydrogens (tertiary/aromatic N) is 3. The van der Waals surface area contributed by atoms with E-state index in [1.165, 1.54) is 0 Å². The van der Waals surface area contributed by atoms with E-state index in [0.717, 1.165) is 17.1 Å². The van der Waals surface area contributed by atoms with Crippen LogP contribution in [0.25, 0.3) is 0 Å². The zero-order valence-corrected chi connectivity index (χ0v) is 27.8. The van der Waals surface area contributed by atoms with Gasteiger partial charge in [-0.3, -0.25) is 14.4 Å². The van der Waals surface area contributed by atoms with E-state index in [0.29, 0.717) is 71.7 Å². The SMILES string of the molecule is CC1(C)CC(=O)C2=C(C1)Nc1ccccc1N(CC(=O)N1CCN(C(=O)C3COc4ccccc4O3)CC1)C2c1ccc(Cl)cc1Cl. The highest BCUT2D eigenvalue weighted by Crippen LogP contribution is 2.49. The molecule has 2 amide bonds. The van der Waals surface area contributed by atoms with E-state index < -0.39 is 12.1 Å². The van der Waals surface area contributed by atoms with Crippen LogP contribution in [0.15, 0.2) is 78.0 Å². The lowest BCUT2D eigenvalue weighted by atomic mass is 9.73. The van der Waals surface area contributed by atoms with Crippen LogP contribution < -0.4 is 19.7 Å². The van der Waals surface area contributed by atoms with Gasteiger partial charge in [0.15, 0.2) is 17.3 Å². The number of para-hydroxylation sites is 4. The molecule has 0 saturated carbocycles. The summed E-state index contributed by atoms with van der Waals surface area (Å²) in [4.78, 5) is 47.0. The third kappa shape index (κ3) is 6.14. The maximum atomic E-state index is 14.1. The maximum Gasteiger partial charge on any atom is 0.267 e. The molecule has 0 spiro atoms. The van der Waals surface area contributed by atoms with Gasteiger partial charge in [-0.2, -0.15) is 0 Å². The molecule has 2 atom stereocenters. The molecular weight excluding hydrogens is 639 g/mol. The number of Topliss-reactive ketones (excluding diaryl/α,β-unsaturated/α-hetero) is 1. The molecule has 7 rings (SSSR count). The monoisotopic (exact) mass is 674 g/mol. The van der Waals surface area contributed by atoms with Crippen molar-refractivity contribution in [3.8, 4) is 11.5 Å². The Kier molecular flexibility index (Phi) is 8.30. The van der Waals surface area contributed by atoms with E-state index in [9.17, 15) is 14.4 Å². The van der Waals surface area contributed by atoms with Crippen LogP contribution in [0.2, 0.25) is 10.0 Å². The van der Waals surface area contributed by atoms with Crippen LogP contribution in [0.1, 0.15) is 38.3 Å². The third-order valence-electron chi connectivity index (χ3n) is 9.29. The third-order valence-corrected chi connectivity index (χ3v) is 9.86. The molecule has 11 heteroatoms. The van der Waals surface area contributed by atoms with Gasteiger partial charge < -0.3 is 29.5 Å². The lowest BCUT2D eigenvalue weighted by Gasteiger charge is -2.40. The molecule has 1 aliphatic carbocycles. The van der Waals surface area contributed by atoms with Crippen molar-refractivity contribution in [2.45, 2.75) is 38.8 Å². The highest BCUT2D eigenvalue weighted by molar-refractivity contribution is 6.35. The molecule has 4 aliphatic rings. The molecule has 3 aromatic rings. The number of amides is 2. The van der Waals surface area contributed by atoms with E-state index in [-0.39, 0.29) is 36.2 Å². The van der Waals surface area contributed by atoms with Crippen molar-refractivity contribution in [3.05, 3.63) is 93.6 Å². The fourth-order valence-electron chi connectivity index (χ4n) is 7.04. The number of nitrogens with one attached hydrogen (secondary N) is 1. The van der Waals surface area contributed by atoms with Crippen LogP contribution in [-0.4, -0.2) is 72.8 Å². The summed E-state index contributed by atoms with van der Waals surface area (Å²) in [6, 6.07) is 19.8. The van der Waals surface area contributed by atoms with Gasteiger partial charge in [0.1, 0.15) is 6.61 Å². The highest BCUT2D eigenvalue weighted by atomic mass is 35.5. The summed E-state index contributed by atoms with van der Waals surface area (Å²) < 4.78 is 11.7. The number of ketones is 1. The summed E-state index contributed by atoms with van der Waals surface area (Å²) in [5.74, 6) is 0.924. The number of carbonyl (C=O) groups excluding carboxylic acids is 3. The van der Waals surface area contributed by atoms with Crippen LogP contribution in [0.5, 0.6) is 11.5 Å². The smallest absolute Gasteiger partial charge is 0.267 e. The van der Waals surface area contributed by atoms with Crippen molar-refractivity contribution < 1.29 is 23.9 Å². The van der Waals surface area contributed by atoms with Gasteiger partial charge in [-0.25, -0.2) is 0 Å². The lowest BCUT2D eigenvalue weighted by Crippen LogP contribution is -2.56. The minimum atomic E-state index is -0.737. The van der Waals surface area contributed by atoms with E-state index in [1.807, 2.05) is 53.4 Å². The van der Waals surface area contributed by atoms with Gasteiger partial charge in [-0.1, -0.05) is 67.4 Å². The van der Waals surface area contributed by atoms with Gasteiger partial charge in [-0.05, 0) is 53.8 Å². The maximum absolute atomic E-state index is 14.1. The molecule has 3 heterocycles. The number of fused-ring (bicyclic) bond motifs is 2. The topological polar surface area (TPSA) is 91.4 Å². The van der Waals surface area contributed by atoms with E-state index in [4.69, 9.17) is 32.7 Å². The Morgan fingerprint density at radius 3 is 2.38 bits per heavy atom. The van der Waals surface area contributed by atoms with Gasteiger partial charge in [-0.15, -0.1) is 0 Å². The van der Waals surface area contributed by atoms with Gasteiger partial charge in [0, 0.05) is 53.9 Å². The lowest BCUT2D eigenvalue weighted by molar-refractivity contribution is -0.145. The van der Waals surface area contributed by atoms with Gasteiger partial charge in [0.25, 0.3) is 5.91 Å². The van der Waals surface area contributed by atoms with Crippen molar-refractivity contribution in [1.82, 2.24) is 9.80 Å². The molecule has 1 fully saturated rings. The number of piperazine rings is 1. The Balaban J connectivity index is 1.15. The number of hydrogen-bond acceptors (Lipinski definition) is 7. The van der Waals surface area contributed by atoms with Crippen LogP contribution in [-0.2, 0) is 14.4 Å². The summed E-state index contributed by atoms with van der Waals surface area (Å²) in [5, 5.41) is 4.48. The van der Waals surface area contributed by atoms with E-state index in [2.05, 4.69) is 19.2 Å². The Morgan fingerprint density at radius 1 is 0.915 bits per heavy atom. The molecular formula is C36H36Cl2N4O5. The first-order valence-corrected chi connectivity index (χ1v) is 16.6. The first kappa shape index (κ1) is 31.4. The summed E-state index contributed by atoms with van der Waals surface area (Å²) in [6.45, 7) is 5.82. The molecule has 0 radical (unpaired) electrons. The first-order chi connectivity index (χ1) is 22.6. The standard InChI is InChI=1S/C36H36Cl2N4O5/c1-36(2)18-26-33(28(43)19-36)34(23-12-11-22(37)17-24(23)38)42(27-8-4-3-7-25(27)39-26)20-32(44)40-13-15-41(16-14-40)35(45)31-21-46-29-9-5-6-10-30(29)47-31/h3-12,17,31,34,39H,13-16,18-21H2,1-2H3. The van der Waals surface area contributed by atoms with Crippen LogP contribution >= 0.6 is 23.2 Å². The minimum Gasteiger partial charge on any atom is -0.485 e. The molecule has 1 saturated heterocycles. The molecule has 0 bridgehead atoms. The molecule has 0 aromatic heterocycles. The molecule has 2 unspecified atom stereocenters. The van der Waals surface area contributed by atoms with Crippen LogP contribution in [0.3, 0.4) is 0 Å². The van der Waals surface area contributed by atoms with E-state index >= 15 is 0 Å². The predicted molar refractivity (Wildman–Crippen MR) is 181 cm³/mol. The zero-order chi connectivity index (χ0) is 32.9. The molecule has 3 aliphatic heterocycles. The predicted octanol–water partition coefficient (Wildman–Crippen LogP) is 6.12. The van der Waals surface area contributed by atoms with Crippen molar-refractivity contribution in [2.75, 3.05) is 49.5 Å². The van der Waals surface area contributed by atoms with Crippen molar-refractivity contribution in [1.29, 1.82) is 0 Å². The largest absolute Gasteiger partial charge is 0.485 e. The first-order valence-electron chi connectivity index (χ1n) is 15.9.